The van der Waals surface area contributed by atoms with Gasteiger partial charge in [-0.1, -0.05) is 76.4 Å². The van der Waals surface area contributed by atoms with E-state index in [9.17, 15) is 39.6 Å². The fourth-order valence-electron chi connectivity index (χ4n) is 5.30. The van der Waals surface area contributed by atoms with Crippen LogP contribution < -0.4 is 0 Å². The third-order valence-electron chi connectivity index (χ3n) is 8.14. The Morgan fingerprint density at radius 1 is 0.759 bits per heavy atom. The Kier molecular flexibility index (Phi) is 15.8. The van der Waals surface area contributed by atoms with Gasteiger partial charge >= 0.3 is 11.9 Å². The molecule has 0 fully saturated rings. The molecule has 0 saturated carbocycles. The van der Waals surface area contributed by atoms with Gasteiger partial charge in [0.2, 0.25) is 20.0 Å². The van der Waals surface area contributed by atoms with Crippen LogP contribution in [0, 0.1) is 24.4 Å². The van der Waals surface area contributed by atoms with E-state index in [0.717, 1.165) is 41.9 Å². The largest absolute Gasteiger partial charge is 0.478 e. The van der Waals surface area contributed by atoms with E-state index in [4.69, 9.17) is 21.8 Å². The molecule has 2 N–H and O–H groups in total. The van der Waals surface area contributed by atoms with Crippen molar-refractivity contribution in [2.24, 2.45) is 0 Å². The van der Waals surface area contributed by atoms with Crippen LogP contribution in [0.4, 0.5) is 13.2 Å². The Hall–Kier alpha value is -3.80. The Balaban J connectivity index is 0.000000290. The van der Waals surface area contributed by atoms with Gasteiger partial charge in [0.15, 0.2) is 0 Å². The Morgan fingerprint density at radius 3 is 1.89 bits per heavy atom. The van der Waals surface area contributed by atoms with Crippen molar-refractivity contribution >= 4 is 59.5 Å². The monoisotopic (exact) mass is 874 g/mol. The topological polar surface area (TPSA) is 149 Å². The third-order valence-corrected chi connectivity index (χ3v) is 13.0. The van der Waals surface area contributed by atoms with Gasteiger partial charge in [0.05, 0.1) is 16.1 Å². The van der Waals surface area contributed by atoms with Gasteiger partial charge in [-0.15, -0.1) is 0 Å². The first-order valence-electron chi connectivity index (χ1n) is 16.5. The average Bonchev–Trinajstić information content (AvgIpc) is 3.07. The van der Waals surface area contributed by atoms with E-state index < -0.39 is 76.4 Å². The molecule has 17 heteroatoms. The molecule has 0 heterocycles. The highest BCUT2D eigenvalue weighted by atomic mass is 79.9. The summed E-state index contributed by atoms with van der Waals surface area (Å²) in [5.41, 5.74) is 1.71. The second-order valence-electron chi connectivity index (χ2n) is 12.3. The molecule has 4 rings (SSSR count). The summed E-state index contributed by atoms with van der Waals surface area (Å²) >= 11 is 9.08. The molecule has 0 amide bonds. The molecule has 0 aromatic heterocycles. The van der Waals surface area contributed by atoms with Gasteiger partial charge in [0, 0.05) is 36.2 Å². The van der Waals surface area contributed by atoms with Crippen molar-refractivity contribution in [1.29, 1.82) is 0 Å². The lowest BCUT2D eigenvalue weighted by Gasteiger charge is -2.26. The van der Waals surface area contributed by atoms with Crippen LogP contribution in [0.3, 0.4) is 0 Å². The number of carbonyl (C=O) groups is 2. The number of halogens is 5. The van der Waals surface area contributed by atoms with Gasteiger partial charge in [-0.3, -0.25) is 0 Å². The van der Waals surface area contributed by atoms with Crippen LogP contribution in [0.15, 0.2) is 87.1 Å². The van der Waals surface area contributed by atoms with Crippen molar-refractivity contribution in [2.45, 2.75) is 62.8 Å². The summed E-state index contributed by atoms with van der Waals surface area (Å²) in [5, 5.41) is 17.8. The molecule has 0 unspecified atom stereocenters. The maximum atomic E-state index is 14.3. The zero-order valence-electron chi connectivity index (χ0n) is 29.7. The fraction of sp³-hybridized carbons (Fsp3) is 0.297. The average molecular weight is 876 g/mol. The van der Waals surface area contributed by atoms with E-state index >= 15 is 0 Å². The SMILES string of the molecule is CCN(CCCc1cccc(Br)c1)S(=O)(=O)c1cc(C(=O)O)c(F)cc1F.Cc1ccc(CCN(C(C)C)S(=O)(=O)c2cc(C(=O)O)c(Cl)cc2F)cc1. The smallest absolute Gasteiger partial charge is 0.338 e. The summed E-state index contributed by atoms with van der Waals surface area (Å²) in [6.45, 7) is 7.23. The predicted octanol–water partition coefficient (Wildman–Crippen LogP) is 8.20. The van der Waals surface area contributed by atoms with Crippen molar-refractivity contribution in [3.63, 3.8) is 0 Å². The van der Waals surface area contributed by atoms with Gasteiger partial charge in [-0.25, -0.2) is 39.6 Å². The first-order valence-corrected chi connectivity index (χ1v) is 20.5. The molecular formula is C37H39BrClF3N2O8S2. The van der Waals surface area contributed by atoms with Crippen LogP contribution in [0.5, 0.6) is 0 Å². The first kappa shape index (κ1) is 44.6. The number of aromatic carboxylic acids is 2. The Bertz CT molecular complexity index is 2210. The number of aryl methyl sites for hydroxylation is 2. The molecule has 0 aliphatic heterocycles. The molecule has 292 valence electrons. The molecule has 0 bridgehead atoms. The summed E-state index contributed by atoms with van der Waals surface area (Å²) < 4.78 is 96.5. The maximum absolute atomic E-state index is 14.3. The highest BCUT2D eigenvalue weighted by molar-refractivity contribution is 9.10. The zero-order valence-corrected chi connectivity index (χ0v) is 33.7. The summed E-state index contributed by atoms with van der Waals surface area (Å²) in [4.78, 5) is 20.7. The molecule has 4 aromatic carbocycles. The maximum Gasteiger partial charge on any atom is 0.338 e. The van der Waals surface area contributed by atoms with Crippen LogP contribution in [0.25, 0.3) is 0 Å². The number of carboxylic acid groups (broad SMARTS) is 2. The van der Waals surface area contributed by atoms with Gasteiger partial charge in [0.1, 0.15) is 27.2 Å². The number of benzene rings is 4. The minimum Gasteiger partial charge on any atom is -0.478 e. The second kappa shape index (κ2) is 19.2. The van der Waals surface area contributed by atoms with Crippen molar-refractivity contribution in [3.05, 3.63) is 128 Å². The van der Waals surface area contributed by atoms with Crippen molar-refractivity contribution in [3.8, 4) is 0 Å². The number of sulfonamides is 2. The van der Waals surface area contributed by atoms with Crippen LogP contribution >= 0.6 is 27.5 Å². The van der Waals surface area contributed by atoms with Gasteiger partial charge < -0.3 is 10.2 Å². The second-order valence-corrected chi connectivity index (χ2v) is 17.4. The lowest BCUT2D eigenvalue weighted by Crippen LogP contribution is -2.39. The first-order chi connectivity index (χ1) is 25.2. The van der Waals surface area contributed by atoms with E-state index in [0.29, 0.717) is 25.3 Å². The Morgan fingerprint density at radius 2 is 1.33 bits per heavy atom. The van der Waals surface area contributed by atoms with Crippen molar-refractivity contribution in [2.75, 3.05) is 19.6 Å². The minimum absolute atomic E-state index is 0.0695. The van der Waals surface area contributed by atoms with E-state index in [-0.39, 0.29) is 30.7 Å². The summed E-state index contributed by atoms with van der Waals surface area (Å²) in [7, 11) is -8.54. The molecule has 0 spiro atoms. The minimum atomic E-state index is -4.30. The molecule has 0 atom stereocenters. The van der Waals surface area contributed by atoms with Crippen LogP contribution in [-0.4, -0.2) is 73.3 Å². The predicted molar refractivity (Wildman–Crippen MR) is 202 cm³/mol. The summed E-state index contributed by atoms with van der Waals surface area (Å²) in [6.07, 6.45) is 1.54. The highest BCUT2D eigenvalue weighted by Gasteiger charge is 2.32. The van der Waals surface area contributed by atoms with Crippen molar-refractivity contribution < 1.29 is 49.8 Å². The quantitative estimate of drug-likeness (QED) is 0.122. The number of rotatable bonds is 15. The lowest BCUT2D eigenvalue weighted by atomic mass is 10.1. The van der Waals surface area contributed by atoms with Crippen LogP contribution in [0.1, 0.15) is 64.6 Å². The number of hydrogen-bond acceptors (Lipinski definition) is 6. The standard InChI is InChI=1S/C19H21ClFNO4S.C18H18BrF2NO4S/c1-12(2)22(9-8-14-6-4-13(3)5-7-14)27(25,26)18-10-15(19(23)24)16(20)11-17(18)21;1-2-22(8-4-6-12-5-3-7-13(19)9-12)27(25,26)17-10-14(18(23)24)15(20)11-16(17)21/h4-7,10-12H,8-9H2,1-3H3,(H,23,24);3,5,7,9-11H,2,4,6,8H2,1H3,(H,23,24). The Labute approximate surface area is 326 Å². The lowest BCUT2D eigenvalue weighted by molar-refractivity contribution is 0.0682. The molecule has 0 aliphatic carbocycles. The molecule has 0 aliphatic rings. The molecule has 54 heavy (non-hydrogen) atoms. The summed E-state index contributed by atoms with van der Waals surface area (Å²) in [6, 6.07) is 17.1. The molecule has 0 radical (unpaired) electrons. The van der Waals surface area contributed by atoms with Gasteiger partial charge in [-0.2, -0.15) is 8.61 Å². The number of nitrogens with zero attached hydrogens (tertiary/aromatic N) is 2. The number of carboxylic acids is 2. The molecule has 10 nitrogen and oxygen atoms in total. The van der Waals surface area contributed by atoms with E-state index in [1.54, 1.807) is 20.8 Å². The highest BCUT2D eigenvalue weighted by Crippen LogP contribution is 2.28. The fourth-order valence-corrected chi connectivity index (χ4v) is 9.25. The van der Waals surface area contributed by atoms with Crippen molar-refractivity contribution in [1.82, 2.24) is 8.61 Å². The van der Waals surface area contributed by atoms with Gasteiger partial charge in [0.25, 0.3) is 0 Å². The molecule has 4 aromatic rings. The molecular weight excluding hydrogens is 837 g/mol. The van der Waals surface area contributed by atoms with Crippen LogP contribution in [0.2, 0.25) is 5.02 Å². The number of hydrogen-bond donors (Lipinski definition) is 2. The van der Waals surface area contributed by atoms with Gasteiger partial charge in [-0.05, 0) is 81.5 Å². The van der Waals surface area contributed by atoms with E-state index in [1.165, 1.54) is 0 Å². The third kappa shape index (κ3) is 11.4. The summed E-state index contributed by atoms with van der Waals surface area (Å²) in [5.74, 6) is -6.81. The van der Waals surface area contributed by atoms with Crippen LogP contribution in [-0.2, 0) is 32.9 Å². The zero-order chi connectivity index (χ0) is 40.5. The van der Waals surface area contributed by atoms with E-state index in [1.807, 2.05) is 55.5 Å². The molecule has 0 saturated heterocycles. The van der Waals surface area contributed by atoms with E-state index in [2.05, 4.69) is 15.9 Å². The normalized spacial score (nSPS) is 11.9.